The van der Waals surface area contributed by atoms with E-state index in [1.807, 2.05) is 83.1 Å². The highest BCUT2D eigenvalue weighted by atomic mass is 32.2. The number of nitrogens with zero attached hydrogens (tertiary/aromatic N) is 12. The first-order valence-electron chi connectivity index (χ1n) is 19.4. The van der Waals surface area contributed by atoms with Crippen LogP contribution in [-0.4, -0.2) is 79.0 Å². The van der Waals surface area contributed by atoms with Crippen molar-refractivity contribution in [3.8, 4) is 11.5 Å². The Kier molecular flexibility index (Phi) is 24.7. The molecule has 0 amide bonds. The van der Waals surface area contributed by atoms with Crippen molar-refractivity contribution in [2.45, 2.75) is 128 Å². The van der Waals surface area contributed by atoms with Crippen molar-refractivity contribution in [2.75, 3.05) is 0 Å². The summed E-state index contributed by atoms with van der Waals surface area (Å²) in [6.07, 6.45) is 4.79. The Bertz CT molecular complexity index is 2260. The first-order valence-corrected chi connectivity index (χ1v) is 20.8. The first kappa shape index (κ1) is 54.2. The van der Waals surface area contributed by atoms with E-state index in [2.05, 4.69) is 55.1 Å². The van der Waals surface area contributed by atoms with Crippen LogP contribution in [0.4, 0.5) is 23.1 Å². The normalized spacial score (nSPS) is 11.8. The minimum absolute atomic E-state index is 0. The zero-order valence-electron chi connectivity index (χ0n) is 37.6. The molecule has 3 atom stereocenters. The third-order valence-corrected chi connectivity index (χ3v) is 9.23. The molecule has 0 N–H and O–H groups in total. The smallest absolute Gasteiger partial charge is 0.277 e. The zero-order valence-corrected chi connectivity index (χ0v) is 38.0. The summed E-state index contributed by atoms with van der Waals surface area (Å²) >= 11 is 3.33. The second kappa shape index (κ2) is 28.7. The maximum absolute atomic E-state index is 10.8. The Morgan fingerprint density at radius 1 is 0.698 bits per heavy atom. The monoisotopic (exact) mass is 922 g/mol. The summed E-state index contributed by atoms with van der Waals surface area (Å²) in [6, 6.07) is 5.95. The van der Waals surface area contributed by atoms with Gasteiger partial charge in [-0.05, 0) is 97.9 Å². The first-order chi connectivity index (χ1) is 29.4. The fourth-order valence-corrected chi connectivity index (χ4v) is 6.10. The van der Waals surface area contributed by atoms with Gasteiger partial charge in [0, 0.05) is 75.4 Å². The van der Waals surface area contributed by atoms with Gasteiger partial charge in [-0.1, -0.05) is 57.8 Å². The average molecular weight is 923 g/mol. The second-order valence-corrected chi connectivity index (χ2v) is 15.4. The van der Waals surface area contributed by atoms with E-state index in [0.29, 0.717) is 51.6 Å². The van der Waals surface area contributed by atoms with Crippen LogP contribution in [0.5, 0.6) is 0 Å². The lowest BCUT2D eigenvalue weighted by Gasteiger charge is -2.12. The van der Waals surface area contributed by atoms with Crippen LogP contribution in [0.2, 0.25) is 0 Å². The maximum Gasteiger partial charge on any atom is 0.277 e. The molecule has 1 aromatic carbocycles. The molecule has 22 heteroatoms. The predicted octanol–water partition coefficient (Wildman–Crippen LogP) is 11.5. The van der Waals surface area contributed by atoms with Crippen molar-refractivity contribution in [1.82, 2.24) is 40.1 Å². The molecule has 3 unspecified atom stereocenters. The Labute approximate surface area is 390 Å². The number of benzene rings is 1. The van der Waals surface area contributed by atoms with Gasteiger partial charge in [-0.25, -0.2) is 44.9 Å². The zero-order chi connectivity index (χ0) is 45.9. The van der Waals surface area contributed by atoms with Crippen molar-refractivity contribution in [2.24, 2.45) is 15.0 Å². The van der Waals surface area contributed by atoms with Gasteiger partial charge in [0.1, 0.15) is 17.5 Å². The molecule has 5 rings (SSSR count). The number of non-ortho nitro benzene ring substituents is 1. The minimum Gasteiger partial charge on any atom is -0.411 e. The van der Waals surface area contributed by atoms with E-state index in [4.69, 9.17) is 15.5 Å². The van der Waals surface area contributed by atoms with Crippen molar-refractivity contribution in [3.63, 3.8) is 0 Å². The van der Waals surface area contributed by atoms with Crippen LogP contribution in [-0.2, 0) is 8.37 Å². The van der Waals surface area contributed by atoms with Gasteiger partial charge >= 0.3 is 0 Å². The SMILES string of the molecule is C.C.C.CC(C)=Nc1nc(C)ncc1C(C)Sc1nnc(-c2ccc([N+](=O)[O-])cc2)o1.[3H][B]SOC(C)c1cnc(C)nc1N=C(C)C.[3H][B]SOC(C)c1cnc(C)nc1N=C(C)C. The highest BCUT2D eigenvalue weighted by Crippen LogP contribution is 2.38. The van der Waals surface area contributed by atoms with Gasteiger partial charge in [-0.2, -0.15) is 0 Å². The second-order valence-electron chi connectivity index (χ2n) is 13.4. The summed E-state index contributed by atoms with van der Waals surface area (Å²) in [5.74, 6) is 4.21. The molecule has 0 spiro atoms. The van der Waals surface area contributed by atoms with Crippen molar-refractivity contribution in [3.05, 3.63) is 87.1 Å². The van der Waals surface area contributed by atoms with Gasteiger partial charge in [0.15, 0.2) is 17.5 Å². The van der Waals surface area contributed by atoms with Crippen LogP contribution < -0.4 is 0 Å². The van der Waals surface area contributed by atoms with Crippen LogP contribution in [0.1, 0.15) is 136 Å². The molecule has 0 aliphatic rings. The van der Waals surface area contributed by atoms with E-state index in [1.165, 1.54) is 23.9 Å². The highest BCUT2D eigenvalue weighted by Gasteiger charge is 2.19. The number of aliphatic imine (C=N–C) groups is 3. The number of hydrogen-bond acceptors (Lipinski definition) is 19. The number of aryl methyl sites for hydroxylation is 3. The fraction of sp³-hybridized carbons (Fsp3) is 0.439. The van der Waals surface area contributed by atoms with E-state index < -0.39 is 4.92 Å². The molecular formula is C41H60B2N12O5S3. The molecule has 0 saturated heterocycles. The van der Waals surface area contributed by atoms with Crippen LogP contribution >= 0.6 is 35.5 Å². The lowest BCUT2D eigenvalue weighted by Crippen LogP contribution is -2.00. The molecule has 338 valence electrons. The Balaban J connectivity index is 0.000000972. The highest BCUT2D eigenvalue weighted by molar-refractivity contribution is 8.16. The third-order valence-electron chi connectivity index (χ3n) is 7.46. The van der Waals surface area contributed by atoms with Gasteiger partial charge < -0.3 is 12.8 Å². The topological polar surface area (TPSA) is 215 Å². The molecule has 4 aromatic heterocycles. The Morgan fingerprint density at radius 3 is 1.48 bits per heavy atom. The number of nitro benzene ring substituents is 1. The van der Waals surface area contributed by atoms with Gasteiger partial charge in [-0.3, -0.25) is 10.1 Å². The summed E-state index contributed by atoms with van der Waals surface area (Å²) in [5.41, 5.74) is 5.89. The number of thioether (sulfide) groups is 1. The van der Waals surface area contributed by atoms with Gasteiger partial charge in [0.25, 0.3) is 10.9 Å². The average Bonchev–Trinajstić information content (AvgIpc) is 3.67. The quantitative estimate of drug-likeness (QED) is 0.0224. The van der Waals surface area contributed by atoms with Gasteiger partial charge in [0.2, 0.25) is 20.1 Å². The lowest BCUT2D eigenvalue weighted by molar-refractivity contribution is -0.384. The molecule has 63 heavy (non-hydrogen) atoms. The summed E-state index contributed by atoms with van der Waals surface area (Å²) in [6.45, 7) is 22.7. The Morgan fingerprint density at radius 2 is 1.10 bits per heavy atom. The van der Waals surface area contributed by atoms with Crippen molar-refractivity contribution >= 4 is 90.0 Å². The van der Waals surface area contributed by atoms with Crippen LogP contribution in [0, 0.1) is 30.9 Å². The summed E-state index contributed by atoms with van der Waals surface area (Å²) in [4.78, 5) is 49.1. The van der Waals surface area contributed by atoms with E-state index >= 15 is 0 Å². The standard InChI is InChI=1S/C18H18N6O3S.2C10H15BN3OS.3CH4/c1-10(2)20-16-15(9-19-12(4)21-16)11(3)28-18-23-22-17(27-18)13-5-7-14(8-6-13)24(25)26;2*1-6(2)13-10-9(7(3)15-16-11)5-12-8(4)14-10;;;/h5-9,11H,1-4H3;2*5,7,11H,1-4H3;3*1H4/i;2*11T;;;. The predicted molar refractivity (Wildman–Crippen MR) is 265 cm³/mol. The number of rotatable bonds is 16. The number of nitro groups is 1. The van der Waals surface area contributed by atoms with Crippen molar-refractivity contribution < 1.29 is 17.7 Å². The van der Waals surface area contributed by atoms with E-state index in [0.717, 1.165) is 71.8 Å². The lowest BCUT2D eigenvalue weighted by atomic mass is 10.2. The molecule has 4 heterocycles. The fourth-order valence-electron chi connectivity index (χ4n) is 4.75. The van der Waals surface area contributed by atoms with Crippen LogP contribution in [0.3, 0.4) is 0 Å². The van der Waals surface area contributed by atoms with E-state index in [1.54, 1.807) is 30.7 Å². The largest absolute Gasteiger partial charge is 0.411 e. The van der Waals surface area contributed by atoms with Gasteiger partial charge in [-0.15, -0.1) is 10.2 Å². The molecule has 5 aromatic rings. The molecule has 17 nitrogen and oxygen atoms in total. The maximum atomic E-state index is 10.8. The Hall–Kier alpha value is -4.89. The minimum atomic E-state index is -0.456. The molecule has 0 aliphatic heterocycles. The summed E-state index contributed by atoms with van der Waals surface area (Å²) < 4.78 is 30.3. The van der Waals surface area contributed by atoms with E-state index in [9.17, 15) is 10.1 Å². The van der Waals surface area contributed by atoms with E-state index in [-0.39, 0.29) is 45.4 Å². The third kappa shape index (κ3) is 19.2. The molecule has 0 fully saturated rings. The molecule has 0 bridgehead atoms. The van der Waals surface area contributed by atoms with Crippen molar-refractivity contribution in [1.29, 1.82) is 2.67 Å². The number of aromatic nitrogens is 8. The summed E-state index contributed by atoms with van der Waals surface area (Å²) in [5, 5.41) is 19.2. The molecule has 0 saturated carbocycles. The summed E-state index contributed by atoms with van der Waals surface area (Å²) in [7, 11) is 2.28. The molecule has 0 aliphatic carbocycles. The number of hydrogen-bond donors (Lipinski definition) is 0. The van der Waals surface area contributed by atoms with Gasteiger partial charge in [0.05, 0.1) is 17.1 Å². The molecular weight excluding hydrogens is 858 g/mol. The van der Waals surface area contributed by atoms with Crippen LogP contribution in [0.15, 0.2) is 67.5 Å². The molecule has 2 radical (unpaired) electrons. The van der Waals surface area contributed by atoms with Crippen LogP contribution in [0.25, 0.3) is 11.5 Å².